The van der Waals surface area contributed by atoms with E-state index in [2.05, 4.69) is 11.9 Å². The summed E-state index contributed by atoms with van der Waals surface area (Å²) in [6, 6.07) is 7.72. The molecule has 0 atom stereocenters. The minimum Gasteiger partial charge on any atom is -0.458 e. The van der Waals surface area contributed by atoms with E-state index in [0.717, 1.165) is 49.0 Å². The number of pyridine rings is 1. The lowest BCUT2D eigenvalue weighted by Crippen LogP contribution is -2.39. The van der Waals surface area contributed by atoms with Crippen LogP contribution in [-0.2, 0) is 9.47 Å². The highest BCUT2D eigenvalue weighted by Gasteiger charge is 2.35. The fraction of sp³-hybridized carbons (Fsp3) is 0.500. The summed E-state index contributed by atoms with van der Waals surface area (Å²) in [5.41, 5.74) is 1.37. The van der Waals surface area contributed by atoms with Crippen molar-refractivity contribution in [2.24, 2.45) is 0 Å². The molecule has 4 nitrogen and oxygen atoms in total. The molecular formula is C20H25NO3S. The molecule has 0 amide bonds. The Morgan fingerprint density at radius 2 is 2.12 bits per heavy atom. The Labute approximate surface area is 153 Å². The summed E-state index contributed by atoms with van der Waals surface area (Å²) in [6.07, 6.45) is 7.47. The number of thiophene rings is 1. The molecule has 1 aliphatic carbocycles. The Balaban J connectivity index is 1.56. The zero-order chi connectivity index (χ0) is 17.7. The molecule has 0 aromatic carbocycles. The molecule has 0 spiro atoms. The van der Waals surface area contributed by atoms with Crippen LogP contribution in [0, 0.1) is 0 Å². The van der Waals surface area contributed by atoms with Crippen molar-refractivity contribution in [1.82, 2.24) is 4.98 Å². The van der Waals surface area contributed by atoms with Gasteiger partial charge in [0.05, 0.1) is 5.60 Å². The Hall–Kier alpha value is -1.72. The van der Waals surface area contributed by atoms with Crippen LogP contribution in [0.1, 0.15) is 55.9 Å². The number of aromatic nitrogens is 1. The smallest absolute Gasteiger partial charge is 0.357 e. The van der Waals surface area contributed by atoms with E-state index in [1.54, 1.807) is 30.7 Å². The van der Waals surface area contributed by atoms with E-state index in [1.165, 1.54) is 0 Å². The largest absolute Gasteiger partial charge is 0.458 e. The highest BCUT2D eigenvalue weighted by molar-refractivity contribution is 7.13. The molecule has 1 saturated carbocycles. The monoisotopic (exact) mass is 359 g/mol. The van der Waals surface area contributed by atoms with Gasteiger partial charge in [-0.3, -0.25) is 0 Å². The first-order valence-corrected chi connectivity index (χ1v) is 9.80. The van der Waals surface area contributed by atoms with Gasteiger partial charge in [-0.25, -0.2) is 9.78 Å². The molecule has 5 heteroatoms. The van der Waals surface area contributed by atoms with E-state index in [-0.39, 0.29) is 17.7 Å². The van der Waals surface area contributed by atoms with Crippen LogP contribution in [0.15, 0.2) is 35.8 Å². The lowest BCUT2D eigenvalue weighted by atomic mass is 9.80. The fourth-order valence-corrected chi connectivity index (χ4v) is 4.28. The number of methoxy groups -OCH3 is 1. The molecule has 0 N–H and O–H groups in total. The fourth-order valence-electron chi connectivity index (χ4n) is 3.56. The summed E-state index contributed by atoms with van der Waals surface area (Å²) in [4.78, 5) is 17.8. The number of nitrogens with zero attached hydrogens (tertiary/aromatic N) is 1. The van der Waals surface area contributed by atoms with E-state index in [0.29, 0.717) is 5.69 Å². The molecule has 0 bridgehead atoms. The standard InChI is InChI=1S/C20H25NO3S/c1-3-10-20(23-2)11-8-16(9-12-20)24-19(22)17-7-6-15(14-21-17)18-5-4-13-25-18/h4-7,13-14,16H,3,8-12H2,1-2H3. The van der Waals surface area contributed by atoms with Crippen LogP contribution in [0.4, 0.5) is 0 Å². The van der Waals surface area contributed by atoms with Gasteiger partial charge in [0.25, 0.3) is 0 Å². The molecular weight excluding hydrogens is 334 g/mol. The molecule has 0 radical (unpaired) electrons. The third kappa shape index (κ3) is 4.28. The van der Waals surface area contributed by atoms with E-state index < -0.39 is 0 Å². The summed E-state index contributed by atoms with van der Waals surface area (Å²) in [5, 5.41) is 2.03. The van der Waals surface area contributed by atoms with Crippen LogP contribution >= 0.6 is 11.3 Å². The van der Waals surface area contributed by atoms with Gasteiger partial charge in [-0.15, -0.1) is 11.3 Å². The predicted octanol–water partition coefficient (Wildman–Crippen LogP) is 5.09. The van der Waals surface area contributed by atoms with Gasteiger partial charge in [-0.1, -0.05) is 19.4 Å². The van der Waals surface area contributed by atoms with Crippen LogP contribution in [0.5, 0.6) is 0 Å². The van der Waals surface area contributed by atoms with Gasteiger partial charge in [0.1, 0.15) is 11.8 Å². The van der Waals surface area contributed by atoms with Gasteiger partial charge in [-0.05, 0) is 55.7 Å². The van der Waals surface area contributed by atoms with E-state index in [9.17, 15) is 4.79 Å². The molecule has 134 valence electrons. The number of esters is 1. The van der Waals surface area contributed by atoms with Crippen molar-refractivity contribution in [3.05, 3.63) is 41.5 Å². The summed E-state index contributed by atoms with van der Waals surface area (Å²) in [7, 11) is 1.79. The average Bonchev–Trinajstić information content (AvgIpc) is 3.18. The summed E-state index contributed by atoms with van der Waals surface area (Å²) >= 11 is 1.66. The maximum atomic E-state index is 12.4. The SMILES string of the molecule is CCCC1(OC)CCC(OC(=O)c2ccc(-c3cccs3)cn2)CC1. The van der Waals surface area contributed by atoms with Crippen LogP contribution < -0.4 is 0 Å². The lowest BCUT2D eigenvalue weighted by molar-refractivity contribution is -0.0739. The maximum absolute atomic E-state index is 12.4. The molecule has 2 aromatic rings. The van der Waals surface area contributed by atoms with Crippen molar-refractivity contribution in [1.29, 1.82) is 0 Å². The summed E-state index contributed by atoms with van der Waals surface area (Å²) in [5.74, 6) is -0.330. The van der Waals surface area contributed by atoms with Crippen LogP contribution in [-0.4, -0.2) is 29.8 Å². The highest BCUT2D eigenvalue weighted by atomic mass is 32.1. The summed E-state index contributed by atoms with van der Waals surface area (Å²) in [6.45, 7) is 2.18. The Kier molecular flexibility index (Phi) is 5.86. The predicted molar refractivity (Wildman–Crippen MR) is 99.9 cm³/mol. The van der Waals surface area contributed by atoms with Crippen molar-refractivity contribution in [3.63, 3.8) is 0 Å². The Bertz CT molecular complexity index is 673. The third-order valence-electron chi connectivity index (χ3n) is 5.03. The minimum absolute atomic E-state index is 0.0295. The van der Waals surface area contributed by atoms with Crippen molar-refractivity contribution in [2.45, 2.75) is 57.2 Å². The van der Waals surface area contributed by atoms with E-state index in [1.807, 2.05) is 23.6 Å². The first-order chi connectivity index (χ1) is 12.2. The number of ether oxygens (including phenoxy) is 2. The molecule has 0 unspecified atom stereocenters. The molecule has 0 aliphatic heterocycles. The first-order valence-electron chi connectivity index (χ1n) is 8.92. The number of rotatable bonds is 6. The number of hydrogen-bond donors (Lipinski definition) is 0. The van der Waals surface area contributed by atoms with Crippen molar-refractivity contribution < 1.29 is 14.3 Å². The third-order valence-corrected chi connectivity index (χ3v) is 5.95. The van der Waals surface area contributed by atoms with Crippen LogP contribution in [0.3, 0.4) is 0 Å². The van der Waals surface area contributed by atoms with Crippen LogP contribution in [0.2, 0.25) is 0 Å². The van der Waals surface area contributed by atoms with Gasteiger partial charge in [0.2, 0.25) is 0 Å². The lowest BCUT2D eigenvalue weighted by Gasteiger charge is -2.38. The molecule has 0 saturated heterocycles. The average molecular weight is 359 g/mol. The molecule has 25 heavy (non-hydrogen) atoms. The van der Waals surface area contributed by atoms with Gasteiger partial charge in [0.15, 0.2) is 0 Å². The van der Waals surface area contributed by atoms with E-state index in [4.69, 9.17) is 9.47 Å². The number of hydrogen-bond acceptors (Lipinski definition) is 5. The Morgan fingerprint density at radius 1 is 1.32 bits per heavy atom. The molecule has 2 aromatic heterocycles. The molecule has 1 aliphatic rings. The first kappa shape index (κ1) is 18.1. The van der Waals surface area contributed by atoms with Gasteiger partial charge in [0, 0.05) is 23.7 Å². The molecule has 1 fully saturated rings. The van der Waals surface area contributed by atoms with Crippen molar-refractivity contribution in [3.8, 4) is 10.4 Å². The minimum atomic E-state index is -0.330. The second kappa shape index (κ2) is 8.11. The molecule has 2 heterocycles. The second-order valence-corrected chi connectivity index (χ2v) is 7.60. The zero-order valence-corrected chi connectivity index (χ0v) is 15.7. The maximum Gasteiger partial charge on any atom is 0.357 e. The molecule has 3 rings (SSSR count). The summed E-state index contributed by atoms with van der Waals surface area (Å²) < 4.78 is 11.4. The Morgan fingerprint density at radius 3 is 2.68 bits per heavy atom. The normalized spacial score (nSPS) is 23.4. The zero-order valence-electron chi connectivity index (χ0n) is 14.9. The highest BCUT2D eigenvalue weighted by Crippen LogP contribution is 2.36. The number of carbonyl (C=O) groups excluding carboxylic acids is 1. The quantitative estimate of drug-likeness (QED) is 0.674. The second-order valence-electron chi connectivity index (χ2n) is 6.65. The van der Waals surface area contributed by atoms with Gasteiger partial charge >= 0.3 is 5.97 Å². The van der Waals surface area contributed by atoms with Gasteiger partial charge in [-0.2, -0.15) is 0 Å². The van der Waals surface area contributed by atoms with Crippen molar-refractivity contribution in [2.75, 3.05) is 7.11 Å². The van der Waals surface area contributed by atoms with Crippen LogP contribution in [0.25, 0.3) is 10.4 Å². The van der Waals surface area contributed by atoms with Gasteiger partial charge < -0.3 is 9.47 Å². The van der Waals surface area contributed by atoms with E-state index >= 15 is 0 Å². The number of carbonyl (C=O) groups is 1. The van der Waals surface area contributed by atoms with Crippen molar-refractivity contribution >= 4 is 17.3 Å². The topological polar surface area (TPSA) is 48.4 Å².